The van der Waals surface area contributed by atoms with E-state index in [2.05, 4.69) is 10.00 Å². The number of hydrogen-bond donors (Lipinski definition) is 1. The van der Waals surface area contributed by atoms with Crippen molar-refractivity contribution in [1.29, 1.82) is 0 Å². The predicted octanol–water partition coefficient (Wildman–Crippen LogP) is 1.48. The van der Waals surface area contributed by atoms with E-state index in [9.17, 15) is 9.90 Å². The third-order valence-corrected chi connectivity index (χ3v) is 5.57. The van der Waals surface area contributed by atoms with Crippen molar-refractivity contribution in [2.24, 2.45) is 0 Å². The molecule has 0 bridgehead atoms. The number of carbonyl (C=O) groups excluding carboxylic acids is 1. The molecule has 0 saturated carbocycles. The molecule has 152 valence electrons. The summed E-state index contributed by atoms with van der Waals surface area (Å²) < 4.78 is 1.97. The molecule has 3 rings (SSSR count). The number of hydrogen-bond acceptors (Lipinski definition) is 5. The molecule has 7 heteroatoms. The number of aliphatic hydroxyl groups excluding tert-OH is 1. The van der Waals surface area contributed by atoms with Gasteiger partial charge in [0, 0.05) is 19.6 Å². The van der Waals surface area contributed by atoms with Crippen molar-refractivity contribution in [3.05, 3.63) is 17.5 Å². The zero-order valence-corrected chi connectivity index (χ0v) is 16.9. The lowest BCUT2D eigenvalue weighted by molar-refractivity contribution is -0.133. The number of rotatable bonds is 5. The van der Waals surface area contributed by atoms with Gasteiger partial charge in [-0.15, -0.1) is 0 Å². The summed E-state index contributed by atoms with van der Waals surface area (Å²) in [5.41, 5.74) is 1.73. The van der Waals surface area contributed by atoms with Crippen molar-refractivity contribution < 1.29 is 9.90 Å². The monoisotopic (exact) mass is 377 g/mol. The van der Waals surface area contributed by atoms with E-state index < -0.39 is 6.10 Å². The first kappa shape index (κ1) is 20.3. The van der Waals surface area contributed by atoms with Gasteiger partial charge in [0.05, 0.1) is 24.5 Å². The van der Waals surface area contributed by atoms with E-state index >= 15 is 0 Å². The maximum atomic E-state index is 12.9. The first-order chi connectivity index (χ1) is 13.0. The number of nitrogens with zero attached hydrogens (tertiary/aromatic N) is 5. The van der Waals surface area contributed by atoms with Crippen LogP contribution in [0.2, 0.25) is 0 Å². The lowest BCUT2D eigenvalue weighted by Crippen LogP contribution is -2.41. The van der Waals surface area contributed by atoms with Crippen molar-refractivity contribution in [1.82, 2.24) is 24.5 Å². The van der Waals surface area contributed by atoms with Crippen molar-refractivity contribution in [3.8, 4) is 0 Å². The Hall–Kier alpha value is -1.44. The van der Waals surface area contributed by atoms with E-state index in [0.717, 1.165) is 38.3 Å². The Labute approximate surface area is 162 Å². The maximum Gasteiger partial charge on any atom is 0.237 e. The number of aryl methyl sites for hydroxylation is 1. The van der Waals surface area contributed by atoms with Gasteiger partial charge in [-0.25, -0.2) is 0 Å². The van der Waals surface area contributed by atoms with E-state index in [1.165, 1.54) is 32.1 Å². The standard InChI is InChI=1S/C20H35N5O2/c1-22(2)15-19(26)18-13-17-14-24(11-8-12-25(17)21-18)20(27)16-23-9-6-4-3-5-7-10-23/h13,19,26H,3-12,14-16H2,1-2H3/t19-/m1/s1. The second-order valence-electron chi connectivity index (χ2n) is 8.27. The second-order valence-corrected chi connectivity index (χ2v) is 8.27. The Morgan fingerprint density at radius 3 is 2.52 bits per heavy atom. The molecule has 1 atom stereocenters. The minimum absolute atomic E-state index is 0.223. The van der Waals surface area contributed by atoms with E-state index in [0.29, 0.717) is 25.3 Å². The summed E-state index contributed by atoms with van der Waals surface area (Å²) in [5, 5.41) is 14.9. The molecule has 0 spiro atoms. The van der Waals surface area contributed by atoms with Gasteiger partial charge in [0.1, 0.15) is 6.10 Å². The molecule has 3 heterocycles. The van der Waals surface area contributed by atoms with Crippen LogP contribution in [-0.4, -0.2) is 82.3 Å². The summed E-state index contributed by atoms with van der Waals surface area (Å²) >= 11 is 0. The largest absolute Gasteiger partial charge is 0.385 e. The van der Waals surface area contributed by atoms with Gasteiger partial charge < -0.3 is 14.9 Å². The fourth-order valence-corrected chi connectivity index (χ4v) is 4.06. The number of aliphatic hydroxyl groups is 1. The van der Waals surface area contributed by atoms with Gasteiger partial charge in [-0.1, -0.05) is 19.3 Å². The summed E-state index contributed by atoms with van der Waals surface area (Å²) in [4.78, 5) is 19.2. The zero-order valence-electron chi connectivity index (χ0n) is 16.9. The molecule has 7 nitrogen and oxygen atoms in total. The Morgan fingerprint density at radius 1 is 1.11 bits per heavy atom. The van der Waals surface area contributed by atoms with Crippen LogP contribution in [0.4, 0.5) is 0 Å². The van der Waals surface area contributed by atoms with Crippen LogP contribution in [0.15, 0.2) is 6.07 Å². The summed E-state index contributed by atoms with van der Waals surface area (Å²) in [6.45, 7) is 5.34. The molecule has 1 aromatic rings. The quantitative estimate of drug-likeness (QED) is 0.842. The highest BCUT2D eigenvalue weighted by Gasteiger charge is 2.24. The molecule has 2 aliphatic rings. The van der Waals surface area contributed by atoms with Gasteiger partial charge in [-0.05, 0) is 52.5 Å². The van der Waals surface area contributed by atoms with Crippen LogP contribution in [0.3, 0.4) is 0 Å². The molecule has 0 radical (unpaired) electrons. The zero-order chi connectivity index (χ0) is 19.2. The van der Waals surface area contributed by atoms with Crippen LogP contribution in [0.25, 0.3) is 0 Å². The smallest absolute Gasteiger partial charge is 0.237 e. The summed E-state index contributed by atoms with van der Waals surface area (Å²) in [6, 6.07) is 1.97. The highest BCUT2D eigenvalue weighted by atomic mass is 16.3. The molecular weight excluding hydrogens is 342 g/mol. The normalized spacial score (nSPS) is 20.7. The highest BCUT2D eigenvalue weighted by molar-refractivity contribution is 5.78. The number of likely N-dealkylation sites (N-methyl/N-ethyl adjacent to an activating group) is 1. The minimum Gasteiger partial charge on any atom is -0.385 e. The molecular formula is C20H35N5O2. The SMILES string of the molecule is CN(C)C[C@@H](O)c1cc2n(n1)CCCN(C(=O)CN1CCCCCCC1)C2. The van der Waals surface area contributed by atoms with Crippen LogP contribution >= 0.6 is 0 Å². The maximum absolute atomic E-state index is 12.9. The topological polar surface area (TPSA) is 64.8 Å². The molecule has 1 fully saturated rings. The fraction of sp³-hybridized carbons (Fsp3) is 0.800. The summed E-state index contributed by atoms with van der Waals surface area (Å²) in [6.07, 6.45) is 6.62. The van der Waals surface area contributed by atoms with Gasteiger partial charge in [-0.2, -0.15) is 5.10 Å². The average Bonchev–Trinajstić information content (AvgIpc) is 2.88. The molecule has 1 N–H and O–H groups in total. The molecule has 0 unspecified atom stereocenters. The fourth-order valence-electron chi connectivity index (χ4n) is 4.06. The van der Waals surface area contributed by atoms with E-state index in [1.54, 1.807) is 0 Å². The van der Waals surface area contributed by atoms with Crippen LogP contribution in [-0.2, 0) is 17.9 Å². The van der Waals surface area contributed by atoms with Crippen LogP contribution in [0, 0.1) is 0 Å². The minimum atomic E-state index is -0.593. The van der Waals surface area contributed by atoms with Crippen molar-refractivity contribution >= 4 is 5.91 Å². The first-order valence-corrected chi connectivity index (χ1v) is 10.4. The number of amides is 1. The molecule has 0 aliphatic carbocycles. The Kier molecular flexibility index (Phi) is 7.26. The van der Waals surface area contributed by atoms with E-state index in [-0.39, 0.29) is 5.91 Å². The van der Waals surface area contributed by atoms with Crippen LogP contribution in [0.1, 0.15) is 56.0 Å². The second kappa shape index (κ2) is 9.66. The third kappa shape index (κ3) is 5.77. The highest BCUT2D eigenvalue weighted by Crippen LogP contribution is 2.19. The molecule has 1 amide bonds. The number of aromatic nitrogens is 2. The van der Waals surface area contributed by atoms with Gasteiger partial charge in [0.25, 0.3) is 0 Å². The lowest BCUT2D eigenvalue weighted by Gasteiger charge is -2.27. The van der Waals surface area contributed by atoms with Gasteiger partial charge >= 0.3 is 0 Å². The Bertz CT molecular complexity index is 608. The number of likely N-dealkylation sites (tertiary alicyclic amines) is 1. The Morgan fingerprint density at radius 2 is 1.81 bits per heavy atom. The van der Waals surface area contributed by atoms with E-state index in [1.807, 2.05) is 34.6 Å². The van der Waals surface area contributed by atoms with Gasteiger partial charge in [0.15, 0.2) is 0 Å². The van der Waals surface area contributed by atoms with Crippen molar-refractivity contribution in [2.75, 3.05) is 46.8 Å². The predicted molar refractivity (Wildman–Crippen MR) is 105 cm³/mol. The molecule has 0 aromatic carbocycles. The third-order valence-electron chi connectivity index (χ3n) is 5.57. The van der Waals surface area contributed by atoms with Crippen molar-refractivity contribution in [2.45, 2.75) is 57.7 Å². The Balaban J connectivity index is 1.61. The molecule has 2 aliphatic heterocycles. The summed E-state index contributed by atoms with van der Waals surface area (Å²) in [5.74, 6) is 0.223. The molecule has 27 heavy (non-hydrogen) atoms. The lowest BCUT2D eigenvalue weighted by atomic mass is 10.1. The van der Waals surface area contributed by atoms with Gasteiger partial charge in [-0.3, -0.25) is 14.4 Å². The van der Waals surface area contributed by atoms with E-state index in [4.69, 9.17) is 0 Å². The van der Waals surface area contributed by atoms with Crippen LogP contribution < -0.4 is 0 Å². The molecule has 1 aromatic heterocycles. The van der Waals surface area contributed by atoms with Gasteiger partial charge in [0.2, 0.25) is 5.91 Å². The number of fused-ring (bicyclic) bond motifs is 1. The summed E-state index contributed by atoms with van der Waals surface area (Å²) in [7, 11) is 3.88. The van der Waals surface area contributed by atoms with Crippen LogP contribution in [0.5, 0.6) is 0 Å². The molecule has 1 saturated heterocycles. The number of carbonyl (C=O) groups is 1. The van der Waals surface area contributed by atoms with Crippen molar-refractivity contribution in [3.63, 3.8) is 0 Å². The average molecular weight is 378 g/mol. The first-order valence-electron chi connectivity index (χ1n) is 10.4.